The van der Waals surface area contributed by atoms with E-state index in [1.54, 1.807) is 0 Å². The second-order valence-electron chi connectivity index (χ2n) is 8.01. The number of aryl methyl sites for hydroxylation is 1. The average molecular weight is 409 g/mol. The van der Waals surface area contributed by atoms with Gasteiger partial charge < -0.3 is 15.0 Å². The molecule has 2 aromatic heterocycles. The van der Waals surface area contributed by atoms with Gasteiger partial charge in [-0.25, -0.2) is 4.98 Å². The maximum atomic E-state index is 9.25. The van der Waals surface area contributed by atoms with Gasteiger partial charge in [0.05, 0.1) is 41.1 Å². The van der Waals surface area contributed by atoms with Gasteiger partial charge in [0, 0.05) is 36.8 Å². The van der Waals surface area contributed by atoms with Crippen molar-refractivity contribution < 1.29 is 4.74 Å². The van der Waals surface area contributed by atoms with Crippen LogP contribution in [-0.2, 0) is 11.2 Å². The van der Waals surface area contributed by atoms with Gasteiger partial charge in [0.25, 0.3) is 0 Å². The lowest BCUT2D eigenvalue weighted by Gasteiger charge is -2.25. The molecule has 0 radical (unpaired) electrons. The van der Waals surface area contributed by atoms with Crippen molar-refractivity contribution in [3.63, 3.8) is 0 Å². The molecule has 3 heterocycles. The predicted molar refractivity (Wildman–Crippen MR) is 123 cm³/mol. The number of hydrogen-bond donors (Lipinski definition) is 2. The van der Waals surface area contributed by atoms with E-state index in [2.05, 4.69) is 47.6 Å². The molecule has 2 N–H and O–H groups in total. The van der Waals surface area contributed by atoms with Crippen molar-refractivity contribution in [1.29, 1.82) is 5.26 Å². The van der Waals surface area contributed by atoms with Gasteiger partial charge in [-0.3, -0.25) is 0 Å². The first-order valence-corrected chi connectivity index (χ1v) is 10.6. The number of hydrogen-bond acceptors (Lipinski definition) is 4. The van der Waals surface area contributed by atoms with Crippen molar-refractivity contribution in [3.8, 4) is 28.5 Å². The largest absolute Gasteiger partial charge is 0.375 e. The fourth-order valence-corrected chi connectivity index (χ4v) is 4.27. The van der Waals surface area contributed by atoms with Gasteiger partial charge in [0.1, 0.15) is 0 Å². The van der Waals surface area contributed by atoms with Crippen molar-refractivity contribution >= 4 is 11.0 Å². The topological polar surface area (TPSA) is 73.7 Å². The van der Waals surface area contributed by atoms with E-state index in [4.69, 9.17) is 9.72 Å². The molecule has 1 aliphatic rings. The first-order valence-electron chi connectivity index (χ1n) is 10.6. The summed E-state index contributed by atoms with van der Waals surface area (Å²) in [6, 6.07) is 20.5. The van der Waals surface area contributed by atoms with E-state index >= 15 is 0 Å². The standard InChI is InChI=1S/C26H24N4O/c1-17-2-6-20(7-3-17)25-24(19-8-4-18(15-27)5-9-19)22(14-21-16-28-12-13-31-21)26-23(30-25)10-11-29-26/h2-11,21,28-29H,12-14,16H2,1H3/t21-/m1/s1. The van der Waals surface area contributed by atoms with Crippen LogP contribution in [-0.4, -0.2) is 35.8 Å². The van der Waals surface area contributed by atoms with Crippen LogP contribution in [0.4, 0.5) is 0 Å². The summed E-state index contributed by atoms with van der Waals surface area (Å²) in [5.74, 6) is 0. The summed E-state index contributed by atoms with van der Waals surface area (Å²) in [6.07, 6.45) is 2.83. The Morgan fingerprint density at radius 1 is 1.06 bits per heavy atom. The highest BCUT2D eigenvalue weighted by Gasteiger charge is 2.23. The van der Waals surface area contributed by atoms with Crippen LogP contribution in [0.1, 0.15) is 16.7 Å². The molecule has 0 unspecified atom stereocenters. The Morgan fingerprint density at radius 3 is 2.55 bits per heavy atom. The Hall–Kier alpha value is -3.46. The number of rotatable bonds is 4. The molecule has 2 aromatic carbocycles. The first-order chi connectivity index (χ1) is 15.2. The van der Waals surface area contributed by atoms with Gasteiger partial charge in [0.2, 0.25) is 0 Å². The maximum absolute atomic E-state index is 9.25. The second-order valence-corrected chi connectivity index (χ2v) is 8.01. The van der Waals surface area contributed by atoms with Crippen LogP contribution in [0.2, 0.25) is 0 Å². The molecule has 1 atom stereocenters. The number of morpholine rings is 1. The summed E-state index contributed by atoms with van der Waals surface area (Å²) in [4.78, 5) is 8.46. The van der Waals surface area contributed by atoms with E-state index in [0.717, 1.165) is 59.5 Å². The van der Waals surface area contributed by atoms with E-state index in [0.29, 0.717) is 5.56 Å². The number of benzene rings is 2. The van der Waals surface area contributed by atoms with E-state index < -0.39 is 0 Å². The van der Waals surface area contributed by atoms with Gasteiger partial charge in [0.15, 0.2) is 0 Å². The molecule has 0 bridgehead atoms. The molecule has 0 aliphatic carbocycles. The van der Waals surface area contributed by atoms with Crippen LogP contribution in [0, 0.1) is 18.3 Å². The van der Waals surface area contributed by atoms with Crippen molar-refractivity contribution in [2.75, 3.05) is 19.7 Å². The smallest absolute Gasteiger partial charge is 0.0991 e. The fourth-order valence-electron chi connectivity index (χ4n) is 4.27. The molecule has 0 saturated carbocycles. The Labute approximate surface area is 181 Å². The van der Waals surface area contributed by atoms with Gasteiger partial charge >= 0.3 is 0 Å². The zero-order valence-corrected chi connectivity index (χ0v) is 17.5. The van der Waals surface area contributed by atoms with Crippen LogP contribution in [0.5, 0.6) is 0 Å². The number of ether oxygens (including phenoxy) is 1. The highest BCUT2D eigenvalue weighted by Crippen LogP contribution is 2.38. The lowest BCUT2D eigenvalue weighted by atomic mass is 9.90. The summed E-state index contributed by atoms with van der Waals surface area (Å²) in [6.45, 7) is 4.53. The van der Waals surface area contributed by atoms with Gasteiger partial charge in [-0.05, 0) is 36.2 Å². The molecule has 31 heavy (non-hydrogen) atoms. The monoisotopic (exact) mass is 408 g/mol. The fraction of sp³-hybridized carbons (Fsp3) is 0.231. The Morgan fingerprint density at radius 2 is 1.84 bits per heavy atom. The Kier molecular flexibility index (Phi) is 5.25. The number of nitriles is 1. The molecule has 1 aliphatic heterocycles. The summed E-state index contributed by atoms with van der Waals surface area (Å²) in [5.41, 5.74) is 9.24. The van der Waals surface area contributed by atoms with Crippen LogP contribution >= 0.6 is 0 Å². The predicted octanol–water partition coefficient (Wildman–Crippen LogP) is 4.61. The molecule has 0 amide bonds. The number of fused-ring (bicyclic) bond motifs is 1. The minimum absolute atomic E-state index is 0.102. The van der Waals surface area contributed by atoms with Gasteiger partial charge in [-0.1, -0.05) is 42.0 Å². The molecular weight excluding hydrogens is 384 g/mol. The number of nitrogens with zero attached hydrogens (tertiary/aromatic N) is 2. The van der Waals surface area contributed by atoms with E-state index in [1.807, 2.05) is 36.5 Å². The third-order valence-corrected chi connectivity index (χ3v) is 5.86. The molecular formula is C26H24N4O. The highest BCUT2D eigenvalue weighted by atomic mass is 16.5. The number of H-pyrrole nitrogens is 1. The van der Waals surface area contributed by atoms with E-state index in [-0.39, 0.29) is 6.10 Å². The number of pyridine rings is 1. The van der Waals surface area contributed by atoms with Crippen molar-refractivity contribution in [2.24, 2.45) is 0 Å². The van der Waals surface area contributed by atoms with Crippen molar-refractivity contribution in [2.45, 2.75) is 19.4 Å². The quantitative estimate of drug-likeness (QED) is 0.517. The lowest BCUT2D eigenvalue weighted by Crippen LogP contribution is -2.39. The zero-order chi connectivity index (χ0) is 21.2. The highest BCUT2D eigenvalue weighted by molar-refractivity contribution is 5.94. The zero-order valence-electron chi connectivity index (χ0n) is 17.5. The van der Waals surface area contributed by atoms with E-state index in [1.165, 1.54) is 11.1 Å². The number of aromatic nitrogens is 2. The molecule has 1 fully saturated rings. The minimum atomic E-state index is 0.102. The van der Waals surface area contributed by atoms with Crippen LogP contribution in [0.25, 0.3) is 33.4 Å². The second kappa shape index (κ2) is 8.35. The average Bonchev–Trinajstić information content (AvgIpc) is 3.29. The van der Waals surface area contributed by atoms with Crippen LogP contribution in [0.3, 0.4) is 0 Å². The minimum Gasteiger partial charge on any atom is -0.375 e. The third-order valence-electron chi connectivity index (χ3n) is 5.86. The molecule has 1 saturated heterocycles. The summed E-state index contributed by atoms with van der Waals surface area (Å²) >= 11 is 0. The molecule has 154 valence electrons. The molecule has 5 rings (SSSR count). The van der Waals surface area contributed by atoms with Crippen LogP contribution in [0.15, 0.2) is 60.8 Å². The SMILES string of the molecule is Cc1ccc(-c2nc3cc[nH]c3c(C[C@@H]3CNCCO3)c2-c2ccc(C#N)cc2)cc1. The van der Waals surface area contributed by atoms with Gasteiger partial charge in [-0.15, -0.1) is 0 Å². The first kappa shape index (κ1) is 19.5. The normalized spacial score (nSPS) is 16.3. The lowest BCUT2D eigenvalue weighted by molar-refractivity contribution is 0.0295. The maximum Gasteiger partial charge on any atom is 0.0991 e. The number of aromatic amines is 1. The molecule has 5 heteroatoms. The Balaban J connectivity index is 1.75. The molecule has 5 nitrogen and oxygen atoms in total. The van der Waals surface area contributed by atoms with Gasteiger partial charge in [-0.2, -0.15) is 5.26 Å². The molecule has 0 spiro atoms. The van der Waals surface area contributed by atoms with Crippen molar-refractivity contribution in [3.05, 3.63) is 77.5 Å². The van der Waals surface area contributed by atoms with E-state index in [9.17, 15) is 5.26 Å². The van der Waals surface area contributed by atoms with Crippen LogP contribution < -0.4 is 5.32 Å². The Bertz CT molecular complexity index is 1240. The summed E-state index contributed by atoms with van der Waals surface area (Å²) in [5, 5.41) is 12.7. The summed E-state index contributed by atoms with van der Waals surface area (Å²) < 4.78 is 6.06. The van der Waals surface area contributed by atoms with Crippen molar-refractivity contribution in [1.82, 2.24) is 15.3 Å². The molecule has 4 aromatic rings. The summed E-state index contributed by atoms with van der Waals surface area (Å²) in [7, 11) is 0. The third kappa shape index (κ3) is 3.84. The number of nitrogens with one attached hydrogen (secondary N) is 2.